The first-order chi connectivity index (χ1) is 9.54. The summed E-state index contributed by atoms with van der Waals surface area (Å²) in [7, 11) is 3.34. The average molecular weight is 294 g/mol. The molecule has 0 spiro atoms. The molecule has 0 unspecified atom stereocenters. The molecule has 2 heterocycles. The van der Waals surface area contributed by atoms with Gasteiger partial charge in [-0.15, -0.1) is 0 Å². The van der Waals surface area contributed by atoms with Crippen LogP contribution in [0.5, 0.6) is 0 Å². The van der Waals surface area contributed by atoms with E-state index in [9.17, 15) is 10.1 Å². The SMILES string of the molecule is CNc1c([N+](=O)[O-])c(=S)nc(CCc2ccco2)n1C. The fourth-order valence-corrected chi connectivity index (χ4v) is 2.28. The number of nitro groups is 1. The van der Waals surface area contributed by atoms with Gasteiger partial charge in [-0.3, -0.25) is 10.1 Å². The second kappa shape index (κ2) is 5.83. The topological polar surface area (TPSA) is 86.1 Å². The minimum absolute atomic E-state index is 0.00750. The highest BCUT2D eigenvalue weighted by Crippen LogP contribution is 2.25. The summed E-state index contributed by atoms with van der Waals surface area (Å²) in [5, 5.41) is 13.9. The van der Waals surface area contributed by atoms with Gasteiger partial charge >= 0.3 is 5.69 Å². The Morgan fingerprint density at radius 2 is 2.30 bits per heavy atom. The number of aryl methyl sites for hydroxylation is 2. The number of rotatable bonds is 5. The van der Waals surface area contributed by atoms with Crippen LogP contribution in [0.25, 0.3) is 0 Å². The monoisotopic (exact) mass is 294 g/mol. The molecule has 0 aromatic carbocycles. The summed E-state index contributed by atoms with van der Waals surface area (Å²) in [6, 6.07) is 3.69. The van der Waals surface area contributed by atoms with Crippen LogP contribution in [-0.2, 0) is 19.9 Å². The Labute approximate surface area is 120 Å². The van der Waals surface area contributed by atoms with Gasteiger partial charge in [-0.25, -0.2) is 4.98 Å². The Bertz CT molecular complexity index is 679. The van der Waals surface area contributed by atoms with E-state index < -0.39 is 4.92 Å². The van der Waals surface area contributed by atoms with E-state index in [1.807, 2.05) is 12.1 Å². The van der Waals surface area contributed by atoms with Gasteiger partial charge in [0.05, 0.1) is 11.2 Å². The zero-order valence-corrected chi connectivity index (χ0v) is 11.9. The van der Waals surface area contributed by atoms with Crippen molar-refractivity contribution in [2.24, 2.45) is 7.05 Å². The van der Waals surface area contributed by atoms with Gasteiger partial charge in [-0.2, -0.15) is 0 Å². The lowest BCUT2D eigenvalue weighted by molar-refractivity contribution is -0.385. The Morgan fingerprint density at radius 1 is 1.55 bits per heavy atom. The summed E-state index contributed by atoms with van der Waals surface area (Å²) >= 11 is 5.01. The normalized spacial score (nSPS) is 10.5. The Morgan fingerprint density at radius 3 is 2.85 bits per heavy atom. The molecule has 106 valence electrons. The fourth-order valence-electron chi connectivity index (χ4n) is 2.00. The Balaban J connectivity index is 2.37. The second-order valence-corrected chi connectivity index (χ2v) is 4.56. The van der Waals surface area contributed by atoms with E-state index >= 15 is 0 Å². The molecule has 2 aromatic heterocycles. The third-order valence-electron chi connectivity index (χ3n) is 2.97. The van der Waals surface area contributed by atoms with E-state index in [4.69, 9.17) is 16.6 Å². The molecule has 0 amide bonds. The van der Waals surface area contributed by atoms with Crippen LogP contribution in [0, 0.1) is 14.8 Å². The number of anilines is 1. The molecule has 2 rings (SSSR count). The van der Waals surface area contributed by atoms with Crippen LogP contribution in [0.4, 0.5) is 11.5 Å². The van der Waals surface area contributed by atoms with Crippen molar-refractivity contribution in [1.82, 2.24) is 9.55 Å². The van der Waals surface area contributed by atoms with Crippen LogP contribution in [-0.4, -0.2) is 21.5 Å². The van der Waals surface area contributed by atoms with E-state index in [-0.39, 0.29) is 10.3 Å². The van der Waals surface area contributed by atoms with Crippen LogP contribution in [0.2, 0.25) is 0 Å². The zero-order chi connectivity index (χ0) is 14.7. The van der Waals surface area contributed by atoms with E-state index in [0.717, 1.165) is 5.76 Å². The van der Waals surface area contributed by atoms with Crippen LogP contribution >= 0.6 is 12.2 Å². The molecule has 0 aliphatic heterocycles. The summed E-state index contributed by atoms with van der Waals surface area (Å²) in [5.41, 5.74) is -0.174. The molecule has 8 heteroatoms. The van der Waals surface area contributed by atoms with Gasteiger partial charge in [0.15, 0.2) is 5.82 Å². The molecule has 2 aromatic rings. The zero-order valence-electron chi connectivity index (χ0n) is 11.1. The highest BCUT2D eigenvalue weighted by Gasteiger charge is 2.21. The molecule has 20 heavy (non-hydrogen) atoms. The minimum atomic E-state index is -0.516. The molecular formula is C12H14N4O3S. The van der Waals surface area contributed by atoms with Crippen molar-refractivity contribution < 1.29 is 9.34 Å². The van der Waals surface area contributed by atoms with Gasteiger partial charge in [0.2, 0.25) is 4.64 Å². The summed E-state index contributed by atoms with van der Waals surface area (Å²) in [6.07, 6.45) is 2.85. The number of hydrogen-bond acceptors (Lipinski definition) is 6. The Hall–Kier alpha value is -2.22. The van der Waals surface area contributed by atoms with Crippen molar-refractivity contribution in [3.05, 3.63) is 44.7 Å². The largest absolute Gasteiger partial charge is 0.469 e. The molecule has 0 saturated heterocycles. The summed E-state index contributed by atoms with van der Waals surface area (Å²) in [6.45, 7) is 0. The van der Waals surface area contributed by atoms with E-state index in [1.54, 1.807) is 24.9 Å². The van der Waals surface area contributed by atoms with Crippen molar-refractivity contribution in [2.75, 3.05) is 12.4 Å². The second-order valence-electron chi connectivity index (χ2n) is 4.18. The predicted molar refractivity (Wildman–Crippen MR) is 76.4 cm³/mol. The summed E-state index contributed by atoms with van der Waals surface area (Å²) < 4.78 is 6.90. The molecule has 1 N–H and O–H groups in total. The molecule has 0 saturated carbocycles. The predicted octanol–water partition coefficient (Wildman–Crippen LogP) is 2.48. The number of aromatic nitrogens is 2. The van der Waals surface area contributed by atoms with Crippen LogP contribution in [0.15, 0.2) is 22.8 Å². The van der Waals surface area contributed by atoms with Crippen molar-refractivity contribution in [1.29, 1.82) is 0 Å². The molecule has 0 aliphatic carbocycles. The van der Waals surface area contributed by atoms with Gasteiger partial charge in [-0.05, 0) is 12.1 Å². The molecular weight excluding hydrogens is 280 g/mol. The van der Waals surface area contributed by atoms with Gasteiger partial charge < -0.3 is 14.3 Å². The van der Waals surface area contributed by atoms with Gasteiger partial charge in [0.1, 0.15) is 11.6 Å². The summed E-state index contributed by atoms with van der Waals surface area (Å²) in [5.74, 6) is 1.85. The molecule has 0 aliphatic rings. The highest BCUT2D eigenvalue weighted by atomic mass is 32.1. The maximum atomic E-state index is 11.0. The van der Waals surface area contributed by atoms with Crippen molar-refractivity contribution in [2.45, 2.75) is 12.8 Å². The number of nitrogens with one attached hydrogen (secondary N) is 1. The summed E-state index contributed by atoms with van der Waals surface area (Å²) in [4.78, 5) is 14.7. The van der Waals surface area contributed by atoms with E-state index in [1.165, 1.54) is 0 Å². The molecule has 0 fully saturated rings. The average Bonchev–Trinajstić information content (AvgIpc) is 2.91. The van der Waals surface area contributed by atoms with Crippen molar-refractivity contribution in [3.8, 4) is 0 Å². The third-order valence-corrected chi connectivity index (χ3v) is 3.26. The van der Waals surface area contributed by atoms with Crippen LogP contribution in [0.1, 0.15) is 11.6 Å². The van der Waals surface area contributed by atoms with Crippen LogP contribution < -0.4 is 5.32 Å². The molecule has 0 bridgehead atoms. The first-order valence-electron chi connectivity index (χ1n) is 5.99. The standard InChI is InChI=1S/C12H14N4O3S/c1-13-11-10(16(17)18)12(20)14-9(15(11)2)6-5-8-4-3-7-19-8/h3-4,7,13H,5-6H2,1-2H3. The first-order valence-corrected chi connectivity index (χ1v) is 6.40. The number of nitrogens with zero attached hydrogens (tertiary/aromatic N) is 3. The third kappa shape index (κ3) is 2.69. The van der Waals surface area contributed by atoms with E-state index in [2.05, 4.69) is 10.3 Å². The van der Waals surface area contributed by atoms with E-state index in [0.29, 0.717) is 24.5 Å². The quantitative estimate of drug-likeness (QED) is 0.518. The van der Waals surface area contributed by atoms with Gasteiger partial charge in [0, 0.05) is 26.9 Å². The fraction of sp³-hybridized carbons (Fsp3) is 0.333. The molecule has 0 atom stereocenters. The maximum absolute atomic E-state index is 11.0. The molecule has 0 radical (unpaired) electrons. The lowest BCUT2D eigenvalue weighted by atomic mass is 10.2. The van der Waals surface area contributed by atoms with Gasteiger partial charge in [0.25, 0.3) is 0 Å². The maximum Gasteiger partial charge on any atom is 0.345 e. The number of hydrogen-bond donors (Lipinski definition) is 1. The first kappa shape index (κ1) is 14.2. The van der Waals surface area contributed by atoms with Crippen LogP contribution in [0.3, 0.4) is 0 Å². The lowest BCUT2D eigenvalue weighted by Crippen LogP contribution is -2.14. The lowest BCUT2D eigenvalue weighted by Gasteiger charge is -2.13. The minimum Gasteiger partial charge on any atom is -0.469 e. The van der Waals surface area contributed by atoms with Crippen molar-refractivity contribution >= 4 is 23.7 Å². The van der Waals surface area contributed by atoms with Gasteiger partial charge in [-0.1, -0.05) is 12.2 Å². The van der Waals surface area contributed by atoms with Crippen molar-refractivity contribution in [3.63, 3.8) is 0 Å². The smallest absolute Gasteiger partial charge is 0.345 e. The Kier molecular flexibility index (Phi) is 4.14. The number of furan rings is 1. The highest BCUT2D eigenvalue weighted by molar-refractivity contribution is 7.71. The molecule has 7 nitrogen and oxygen atoms in total.